The van der Waals surface area contributed by atoms with Gasteiger partial charge in [0.2, 0.25) is 11.8 Å². The zero-order valence-corrected chi connectivity index (χ0v) is 14.6. The number of anilines is 1. The number of carbonyl (C=O) groups excluding carboxylic acids is 2. The fourth-order valence-corrected chi connectivity index (χ4v) is 2.29. The molecule has 25 heavy (non-hydrogen) atoms. The van der Waals surface area contributed by atoms with E-state index >= 15 is 0 Å². The summed E-state index contributed by atoms with van der Waals surface area (Å²) in [5.41, 5.74) is 1.67. The number of amides is 2. The van der Waals surface area contributed by atoms with Crippen LogP contribution in [-0.4, -0.2) is 41.9 Å². The quantitative estimate of drug-likeness (QED) is 0.749. The number of carbonyl (C=O) groups is 2. The maximum atomic E-state index is 12.2. The van der Waals surface area contributed by atoms with E-state index in [1.165, 1.54) is 0 Å². The van der Waals surface area contributed by atoms with Crippen molar-refractivity contribution in [3.8, 4) is 5.75 Å². The molecule has 0 atom stereocenters. The second-order valence-electron chi connectivity index (χ2n) is 5.57. The molecular weight excluding hydrogens is 318 g/mol. The van der Waals surface area contributed by atoms with Crippen LogP contribution in [0.2, 0.25) is 0 Å². The summed E-state index contributed by atoms with van der Waals surface area (Å²) in [5.74, 6) is 0.0187. The van der Waals surface area contributed by atoms with Crippen molar-refractivity contribution in [3.05, 3.63) is 54.4 Å². The molecule has 1 aromatic heterocycles. The highest BCUT2D eigenvalue weighted by Gasteiger charge is 2.15. The van der Waals surface area contributed by atoms with Crippen molar-refractivity contribution < 1.29 is 14.3 Å². The van der Waals surface area contributed by atoms with Crippen molar-refractivity contribution in [2.75, 3.05) is 25.5 Å². The second kappa shape index (κ2) is 9.42. The molecule has 0 radical (unpaired) electrons. The number of nitrogens with one attached hydrogen (secondary N) is 1. The van der Waals surface area contributed by atoms with Crippen molar-refractivity contribution >= 4 is 17.5 Å². The first kappa shape index (κ1) is 18.4. The number of ether oxygens (including phenoxy) is 1. The summed E-state index contributed by atoms with van der Waals surface area (Å²) in [4.78, 5) is 29.9. The number of pyridine rings is 1. The van der Waals surface area contributed by atoms with Crippen LogP contribution < -0.4 is 10.1 Å². The van der Waals surface area contributed by atoms with Crippen LogP contribution in [0.5, 0.6) is 5.75 Å². The number of hydrogen-bond donors (Lipinski definition) is 1. The number of hydrogen-bond acceptors (Lipinski definition) is 4. The van der Waals surface area contributed by atoms with Gasteiger partial charge >= 0.3 is 0 Å². The minimum absolute atomic E-state index is 0.201. The minimum atomic E-state index is -0.354. The van der Waals surface area contributed by atoms with Gasteiger partial charge in [-0.2, -0.15) is 0 Å². The van der Waals surface area contributed by atoms with Crippen molar-refractivity contribution in [2.45, 2.75) is 19.8 Å². The molecule has 0 unspecified atom stereocenters. The lowest BCUT2D eigenvalue weighted by molar-refractivity contribution is -0.133. The summed E-state index contributed by atoms with van der Waals surface area (Å²) in [6.07, 6.45) is 3.97. The SMILES string of the molecule is CCOc1ccccc1NC(=O)CC(=O)N(C)CCc1ccncc1. The number of nitrogens with zero attached hydrogens (tertiary/aromatic N) is 2. The monoisotopic (exact) mass is 341 g/mol. The van der Waals surface area contributed by atoms with Gasteiger partial charge in [-0.05, 0) is 43.2 Å². The summed E-state index contributed by atoms with van der Waals surface area (Å²) in [6.45, 7) is 2.93. The number of rotatable bonds is 8. The van der Waals surface area contributed by atoms with E-state index in [-0.39, 0.29) is 18.2 Å². The van der Waals surface area contributed by atoms with Crippen LogP contribution in [-0.2, 0) is 16.0 Å². The molecule has 0 aliphatic carbocycles. The predicted molar refractivity (Wildman–Crippen MR) is 96.4 cm³/mol. The highest BCUT2D eigenvalue weighted by Crippen LogP contribution is 2.23. The van der Waals surface area contributed by atoms with Gasteiger partial charge in [-0.15, -0.1) is 0 Å². The average Bonchev–Trinajstić information content (AvgIpc) is 2.62. The molecule has 6 heteroatoms. The van der Waals surface area contributed by atoms with Gasteiger partial charge in [0.25, 0.3) is 0 Å². The number of para-hydroxylation sites is 2. The largest absolute Gasteiger partial charge is 0.492 e. The van der Waals surface area contributed by atoms with E-state index in [4.69, 9.17) is 4.74 Å². The Balaban J connectivity index is 1.84. The van der Waals surface area contributed by atoms with E-state index in [2.05, 4.69) is 10.3 Å². The molecule has 2 rings (SSSR count). The molecule has 1 aromatic carbocycles. The topological polar surface area (TPSA) is 71.5 Å². The second-order valence-corrected chi connectivity index (χ2v) is 5.57. The molecule has 2 amide bonds. The minimum Gasteiger partial charge on any atom is -0.492 e. The molecule has 1 N–H and O–H groups in total. The predicted octanol–water partition coefficient (Wildman–Crippen LogP) is 2.51. The summed E-state index contributed by atoms with van der Waals surface area (Å²) in [6, 6.07) is 11.0. The fraction of sp³-hybridized carbons (Fsp3) is 0.316. The summed E-state index contributed by atoms with van der Waals surface area (Å²) < 4.78 is 5.46. The highest BCUT2D eigenvalue weighted by molar-refractivity contribution is 6.04. The first-order valence-corrected chi connectivity index (χ1v) is 8.24. The van der Waals surface area contributed by atoms with E-state index in [0.29, 0.717) is 24.6 Å². The first-order valence-electron chi connectivity index (χ1n) is 8.24. The third-order valence-corrected chi connectivity index (χ3v) is 3.68. The molecule has 0 saturated heterocycles. The summed E-state index contributed by atoms with van der Waals surface area (Å²) in [5, 5.41) is 2.74. The standard InChI is InChI=1S/C19H23N3O3/c1-3-25-17-7-5-4-6-16(17)21-18(23)14-19(24)22(2)13-10-15-8-11-20-12-9-15/h4-9,11-12H,3,10,13-14H2,1-2H3,(H,21,23). The van der Waals surface area contributed by atoms with E-state index < -0.39 is 0 Å². The van der Waals surface area contributed by atoms with Gasteiger partial charge in [0, 0.05) is 26.0 Å². The molecule has 132 valence electrons. The first-order chi connectivity index (χ1) is 12.1. The Morgan fingerprint density at radius 1 is 1.16 bits per heavy atom. The number of benzene rings is 1. The van der Waals surface area contributed by atoms with E-state index in [1.54, 1.807) is 42.5 Å². The van der Waals surface area contributed by atoms with Crippen LogP contribution in [0.15, 0.2) is 48.8 Å². The Hall–Kier alpha value is -2.89. The van der Waals surface area contributed by atoms with Crippen molar-refractivity contribution in [3.63, 3.8) is 0 Å². The average molecular weight is 341 g/mol. The van der Waals surface area contributed by atoms with Crippen LogP contribution >= 0.6 is 0 Å². The molecular formula is C19H23N3O3. The molecule has 6 nitrogen and oxygen atoms in total. The third kappa shape index (κ3) is 5.91. The van der Waals surface area contributed by atoms with Crippen LogP contribution in [0.4, 0.5) is 5.69 Å². The van der Waals surface area contributed by atoms with Gasteiger partial charge in [0.05, 0.1) is 12.3 Å². The lowest BCUT2D eigenvalue weighted by Gasteiger charge is -2.17. The van der Waals surface area contributed by atoms with Gasteiger partial charge in [-0.1, -0.05) is 12.1 Å². The van der Waals surface area contributed by atoms with Gasteiger partial charge in [-0.25, -0.2) is 0 Å². The fourth-order valence-electron chi connectivity index (χ4n) is 2.29. The van der Waals surface area contributed by atoms with Crippen molar-refractivity contribution in [2.24, 2.45) is 0 Å². The number of aromatic nitrogens is 1. The Labute approximate surface area is 147 Å². The maximum absolute atomic E-state index is 12.2. The Bertz CT molecular complexity index is 704. The smallest absolute Gasteiger partial charge is 0.233 e. The van der Waals surface area contributed by atoms with Crippen LogP contribution in [0.1, 0.15) is 18.9 Å². The zero-order valence-electron chi connectivity index (χ0n) is 14.6. The lowest BCUT2D eigenvalue weighted by atomic mass is 10.2. The normalized spacial score (nSPS) is 10.2. The maximum Gasteiger partial charge on any atom is 0.233 e. The molecule has 1 heterocycles. The van der Waals surface area contributed by atoms with E-state index in [0.717, 1.165) is 12.0 Å². The third-order valence-electron chi connectivity index (χ3n) is 3.68. The molecule has 2 aromatic rings. The molecule has 0 spiro atoms. The lowest BCUT2D eigenvalue weighted by Crippen LogP contribution is -2.32. The summed E-state index contributed by atoms with van der Waals surface area (Å²) >= 11 is 0. The molecule has 0 fully saturated rings. The molecule has 0 saturated carbocycles. The zero-order chi connectivity index (χ0) is 18.1. The number of likely N-dealkylation sites (N-methyl/N-ethyl adjacent to an activating group) is 1. The van der Waals surface area contributed by atoms with Gasteiger partial charge < -0.3 is 15.0 Å². The molecule has 0 aliphatic heterocycles. The highest BCUT2D eigenvalue weighted by atomic mass is 16.5. The van der Waals surface area contributed by atoms with Crippen LogP contribution in [0.25, 0.3) is 0 Å². The Morgan fingerprint density at radius 2 is 1.88 bits per heavy atom. The molecule has 0 bridgehead atoms. The van der Waals surface area contributed by atoms with Gasteiger partial charge in [0.1, 0.15) is 12.2 Å². The Kier molecular flexibility index (Phi) is 6.95. The van der Waals surface area contributed by atoms with E-state index in [1.807, 2.05) is 25.1 Å². The van der Waals surface area contributed by atoms with Crippen LogP contribution in [0, 0.1) is 0 Å². The Morgan fingerprint density at radius 3 is 2.60 bits per heavy atom. The van der Waals surface area contributed by atoms with Crippen molar-refractivity contribution in [1.82, 2.24) is 9.88 Å². The van der Waals surface area contributed by atoms with Crippen LogP contribution in [0.3, 0.4) is 0 Å². The summed E-state index contributed by atoms with van der Waals surface area (Å²) in [7, 11) is 1.70. The van der Waals surface area contributed by atoms with Gasteiger partial charge in [0.15, 0.2) is 0 Å². The van der Waals surface area contributed by atoms with Gasteiger partial charge in [-0.3, -0.25) is 14.6 Å². The molecule has 0 aliphatic rings. The van der Waals surface area contributed by atoms with E-state index in [9.17, 15) is 9.59 Å². The van der Waals surface area contributed by atoms with Crippen molar-refractivity contribution in [1.29, 1.82) is 0 Å².